The lowest BCUT2D eigenvalue weighted by Gasteiger charge is -2.34. The molecule has 210 valence electrons. The molecule has 0 atom stereocenters. The zero-order chi connectivity index (χ0) is 28.3. The highest BCUT2D eigenvalue weighted by atomic mass is 32.2. The number of hydrogen-bond donors (Lipinski definition) is 3. The Hall–Kier alpha value is -4.33. The molecule has 6 aromatic rings. The minimum atomic E-state index is 0.0242. The summed E-state index contributed by atoms with van der Waals surface area (Å²) in [4.78, 5) is 18.0. The first kappa shape index (κ1) is 26.6. The van der Waals surface area contributed by atoms with Crippen molar-refractivity contribution < 1.29 is 5.11 Å². The molecule has 1 aliphatic heterocycles. The van der Waals surface area contributed by atoms with Gasteiger partial charge in [-0.25, -0.2) is 4.98 Å². The maximum atomic E-state index is 9.80. The summed E-state index contributed by atoms with van der Waals surface area (Å²) in [6, 6.07) is 33.5. The molecule has 1 aliphatic rings. The van der Waals surface area contributed by atoms with Gasteiger partial charge in [0.2, 0.25) is 5.95 Å². The Morgan fingerprint density at radius 1 is 0.786 bits per heavy atom. The van der Waals surface area contributed by atoms with Gasteiger partial charge in [0, 0.05) is 51.9 Å². The van der Waals surface area contributed by atoms with E-state index in [1.54, 1.807) is 11.8 Å². The van der Waals surface area contributed by atoms with Crippen molar-refractivity contribution in [2.45, 2.75) is 41.7 Å². The zero-order valence-electron chi connectivity index (χ0n) is 23.3. The van der Waals surface area contributed by atoms with Crippen LogP contribution < -0.4 is 10.2 Å². The van der Waals surface area contributed by atoms with E-state index in [0.29, 0.717) is 18.4 Å². The molecule has 0 amide bonds. The summed E-state index contributed by atoms with van der Waals surface area (Å²) in [6.07, 6.45) is 4.21. The normalized spacial score (nSPS) is 14.1. The van der Waals surface area contributed by atoms with E-state index < -0.39 is 0 Å². The summed E-state index contributed by atoms with van der Waals surface area (Å²) >= 11 is 1.68. The number of aliphatic hydroxyl groups excluding tert-OH is 1. The molecule has 0 radical (unpaired) electrons. The zero-order valence-corrected chi connectivity index (χ0v) is 24.1. The van der Waals surface area contributed by atoms with Crippen molar-refractivity contribution in [3.63, 3.8) is 0 Å². The van der Waals surface area contributed by atoms with Crippen LogP contribution in [-0.2, 0) is 13.2 Å². The lowest BCUT2D eigenvalue weighted by atomic mass is 9.87. The summed E-state index contributed by atoms with van der Waals surface area (Å²) in [7, 11) is 0. The highest BCUT2D eigenvalue weighted by Gasteiger charge is 2.25. The number of fused-ring (bicyclic) bond motifs is 2. The fourth-order valence-electron chi connectivity index (χ4n) is 6.02. The van der Waals surface area contributed by atoms with Gasteiger partial charge in [0.15, 0.2) is 0 Å². The quantitative estimate of drug-likeness (QED) is 0.173. The third-order valence-electron chi connectivity index (χ3n) is 8.22. The predicted octanol–water partition coefficient (Wildman–Crippen LogP) is 7.75. The molecule has 7 rings (SSSR count). The summed E-state index contributed by atoms with van der Waals surface area (Å²) in [6.45, 7) is 2.53. The number of anilines is 2. The maximum absolute atomic E-state index is 9.80. The van der Waals surface area contributed by atoms with Crippen molar-refractivity contribution in [2.24, 2.45) is 0 Å². The lowest BCUT2D eigenvalue weighted by Crippen LogP contribution is -2.34. The van der Waals surface area contributed by atoms with Crippen LogP contribution >= 0.6 is 11.8 Å². The number of aromatic nitrogens is 3. The molecular weight excluding hydrogens is 538 g/mol. The van der Waals surface area contributed by atoms with E-state index in [-0.39, 0.29) is 6.61 Å². The van der Waals surface area contributed by atoms with Crippen LogP contribution in [0.4, 0.5) is 11.8 Å². The molecule has 6 nitrogen and oxygen atoms in total. The van der Waals surface area contributed by atoms with Crippen LogP contribution in [0.25, 0.3) is 21.8 Å². The molecule has 7 heteroatoms. The monoisotopic (exact) mass is 571 g/mol. The number of para-hydroxylation sites is 1. The van der Waals surface area contributed by atoms with E-state index in [9.17, 15) is 5.11 Å². The number of aliphatic hydroxyl groups is 1. The van der Waals surface area contributed by atoms with E-state index in [0.717, 1.165) is 63.6 Å². The second-order valence-corrected chi connectivity index (χ2v) is 11.8. The Morgan fingerprint density at radius 3 is 2.36 bits per heavy atom. The number of benzene rings is 4. The van der Waals surface area contributed by atoms with Gasteiger partial charge >= 0.3 is 0 Å². The summed E-state index contributed by atoms with van der Waals surface area (Å²) < 4.78 is 0. The van der Waals surface area contributed by atoms with Crippen LogP contribution in [0.2, 0.25) is 0 Å². The molecule has 4 aromatic carbocycles. The number of hydrogen-bond acceptors (Lipinski definition) is 6. The minimum Gasteiger partial charge on any atom is -0.392 e. The largest absolute Gasteiger partial charge is 0.392 e. The standard InChI is InChI=1S/C35H33N5OS/c41-23-26-9-2-6-15-33(26)42-32-14-5-1-8-25(32)22-37-35-38-31-12-4-3-10-29(31)34(39-35)40-20-17-24(18-21-40)27-11-7-13-30-28(27)16-19-36-30/h1-16,19,24,36,41H,17-18,20-23H2,(H,37,38,39). The van der Waals surface area contributed by atoms with Crippen molar-refractivity contribution in [3.8, 4) is 0 Å². The molecule has 0 saturated carbocycles. The van der Waals surface area contributed by atoms with Gasteiger partial charge < -0.3 is 20.3 Å². The number of rotatable bonds is 8. The van der Waals surface area contributed by atoms with E-state index in [4.69, 9.17) is 9.97 Å². The number of nitrogens with one attached hydrogen (secondary N) is 2. The molecular formula is C35H33N5OS. The maximum Gasteiger partial charge on any atom is 0.225 e. The number of aromatic amines is 1. The molecule has 2 aromatic heterocycles. The second-order valence-electron chi connectivity index (χ2n) is 10.8. The Labute approximate surface area is 249 Å². The summed E-state index contributed by atoms with van der Waals surface area (Å²) in [5.74, 6) is 2.18. The fraction of sp³-hybridized carbons (Fsp3) is 0.200. The molecule has 0 unspecified atom stereocenters. The van der Waals surface area contributed by atoms with Gasteiger partial charge in [-0.3, -0.25) is 0 Å². The van der Waals surface area contributed by atoms with Gasteiger partial charge in [-0.1, -0.05) is 72.4 Å². The Morgan fingerprint density at radius 2 is 1.52 bits per heavy atom. The van der Waals surface area contributed by atoms with Gasteiger partial charge in [0.25, 0.3) is 0 Å². The van der Waals surface area contributed by atoms with Crippen LogP contribution in [-0.4, -0.2) is 33.1 Å². The average Bonchev–Trinajstić information content (AvgIpc) is 3.54. The lowest BCUT2D eigenvalue weighted by molar-refractivity contribution is 0.279. The average molecular weight is 572 g/mol. The second kappa shape index (κ2) is 11.9. The van der Waals surface area contributed by atoms with Gasteiger partial charge in [-0.15, -0.1) is 0 Å². The third-order valence-corrected chi connectivity index (χ3v) is 9.45. The van der Waals surface area contributed by atoms with Crippen LogP contribution in [0.3, 0.4) is 0 Å². The fourth-order valence-corrected chi connectivity index (χ4v) is 7.09. The first-order valence-electron chi connectivity index (χ1n) is 14.5. The molecule has 0 aliphatic carbocycles. The molecule has 1 saturated heterocycles. The first-order chi connectivity index (χ1) is 20.8. The molecule has 0 bridgehead atoms. The van der Waals surface area contributed by atoms with Gasteiger partial charge in [0.1, 0.15) is 5.82 Å². The van der Waals surface area contributed by atoms with Crippen molar-refractivity contribution in [1.82, 2.24) is 15.0 Å². The third kappa shape index (κ3) is 5.33. The van der Waals surface area contributed by atoms with Gasteiger partial charge in [0.05, 0.1) is 12.1 Å². The molecule has 42 heavy (non-hydrogen) atoms. The van der Waals surface area contributed by atoms with Crippen molar-refractivity contribution >= 4 is 45.3 Å². The summed E-state index contributed by atoms with van der Waals surface area (Å²) in [5.41, 5.74) is 5.70. The molecule has 3 heterocycles. The predicted molar refractivity (Wildman–Crippen MR) is 172 cm³/mol. The van der Waals surface area contributed by atoms with E-state index >= 15 is 0 Å². The molecule has 0 spiro atoms. The van der Waals surface area contributed by atoms with Crippen LogP contribution in [0, 0.1) is 0 Å². The van der Waals surface area contributed by atoms with Crippen molar-refractivity contribution in [3.05, 3.63) is 120 Å². The molecule has 1 fully saturated rings. The number of nitrogens with zero attached hydrogens (tertiary/aromatic N) is 3. The highest BCUT2D eigenvalue weighted by molar-refractivity contribution is 7.99. The Balaban J connectivity index is 1.11. The van der Waals surface area contributed by atoms with Crippen LogP contribution in [0.5, 0.6) is 0 Å². The topological polar surface area (TPSA) is 77.1 Å². The molecule has 3 N–H and O–H groups in total. The van der Waals surface area contributed by atoms with Crippen molar-refractivity contribution in [1.29, 1.82) is 0 Å². The van der Waals surface area contributed by atoms with Gasteiger partial charge in [-0.05, 0) is 71.8 Å². The minimum absolute atomic E-state index is 0.0242. The summed E-state index contributed by atoms with van der Waals surface area (Å²) in [5, 5.41) is 15.7. The smallest absolute Gasteiger partial charge is 0.225 e. The van der Waals surface area contributed by atoms with E-state index in [1.807, 2.05) is 30.5 Å². The first-order valence-corrected chi connectivity index (χ1v) is 15.3. The van der Waals surface area contributed by atoms with Crippen molar-refractivity contribution in [2.75, 3.05) is 23.3 Å². The highest BCUT2D eigenvalue weighted by Crippen LogP contribution is 2.36. The van der Waals surface area contributed by atoms with Gasteiger partial charge in [-0.2, -0.15) is 4.98 Å². The Kier molecular flexibility index (Phi) is 7.51. The Bertz CT molecular complexity index is 1840. The number of H-pyrrole nitrogens is 1. The SMILES string of the molecule is OCc1ccccc1Sc1ccccc1CNc1nc(N2CCC(c3cccc4[nH]ccc34)CC2)c2ccccc2n1. The van der Waals surface area contributed by atoms with Crippen LogP contribution in [0.1, 0.15) is 35.4 Å². The number of piperidine rings is 1. The van der Waals surface area contributed by atoms with E-state index in [1.165, 1.54) is 16.5 Å². The van der Waals surface area contributed by atoms with E-state index in [2.05, 4.69) is 88.0 Å². The van der Waals surface area contributed by atoms with Crippen LogP contribution in [0.15, 0.2) is 113 Å².